The first kappa shape index (κ1) is 26.0. The third-order valence-electron chi connectivity index (χ3n) is 4.55. The van der Waals surface area contributed by atoms with Crippen molar-refractivity contribution in [1.29, 1.82) is 0 Å². The Morgan fingerprint density at radius 2 is 1.25 bits per heavy atom. The van der Waals surface area contributed by atoms with Gasteiger partial charge in [0.25, 0.3) is 0 Å². The fourth-order valence-corrected chi connectivity index (χ4v) is 2.70. The Hall–Kier alpha value is -0.200. The zero-order valence-corrected chi connectivity index (χ0v) is 16.2. The summed E-state index contributed by atoms with van der Waals surface area (Å²) in [6.07, 6.45) is 6.72. The average Bonchev–Trinajstić information content (AvgIpc) is 2.50. The van der Waals surface area contributed by atoms with Crippen molar-refractivity contribution in [2.45, 2.75) is 84.8 Å². The molecule has 5 N–H and O–H groups in total. The van der Waals surface area contributed by atoms with Gasteiger partial charge in [0.15, 0.2) is 0 Å². The second-order valence-electron chi connectivity index (χ2n) is 7.65. The predicted octanol–water partition coefficient (Wildman–Crippen LogP) is 2.55. The van der Waals surface area contributed by atoms with Gasteiger partial charge in [0.1, 0.15) is 12.2 Å². The van der Waals surface area contributed by atoms with Gasteiger partial charge in [0, 0.05) is 6.61 Å². The molecule has 0 aliphatic carbocycles. The zero-order valence-electron chi connectivity index (χ0n) is 16.2. The highest BCUT2D eigenvalue weighted by molar-refractivity contribution is 4.65. The zero-order chi connectivity index (χ0) is 17.7. The summed E-state index contributed by atoms with van der Waals surface area (Å²) in [4.78, 5) is 0. The van der Waals surface area contributed by atoms with E-state index in [1.54, 1.807) is 0 Å². The van der Waals surface area contributed by atoms with Crippen LogP contribution in [0.3, 0.4) is 0 Å². The van der Waals surface area contributed by atoms with E-state index in [1.807, 2.05) is 0 Å². The molecule has 0 heterocycles. The molecule has 0 aromatic heterocycles. The van der Waals surface area contributed by atoms with Crippen LogP contribution in [0.4, 0.5) is 0 Å². The van der Waals surface area contributed by atoms with E-state index in [0.717, 1.165) is 18.3 Å². The van der Waals surface area contributed by atoms with Crippen molar-refractivity contribution in [2.75, 3.05) is 19.8 Å². The Morgan fingerprint density at radius 3 is 1.75 bits per heavy atom. The first-order valence-corrected chi connectivity index (χ1v) is 9.41. The number of ether oxygens (including phenoxy) is 1. The lowest BCUT2D eigenvalue weighted by Gasteiger charge is -2.17. The third kappa shape index (κ3) is 15.3. The Labute approximate surface area is 148 Å². The lowest BCUT2D eigenvalue weighted by atomic mass is 9.93. The van der Waals surface area contributed by atoms with Crippen LogP contribution in [0.25, 0.3) is 0 Å². The summed E-state index contributed by atoms with van der Waals surface area (Å²) in [6, 6.07) is 0. The monoisotopic (exact) mass is 350 g/mol. The van der Waals surface area contributed by atoms with Gasteiger partial charge >= 0.3 is 0 Å². The van der Waals surface area contributed by atoms with Crippen molar-refractivity contribution >= 4 is 0 Å². The van der Waals surface area contributed by atoms with Crippen molar-refractivity contribution in [2.24, 2.45) is 17.8 Å². The maximum atomic E-state index is 9.46. The van der Waals surface area contributed by atoms with E-state index in [4.69, 9.17) is 9.84 Å². The Morgan fingerprint density at radius 1 is 0.750 bits per heavy atom. The molecule has 5 heteroatoms. The van der Waals surface area contributed by atoms with Gasteiger partial charge in [-0.1, -0.05) is 66.2 Å². The van der Waals surface area contributed by atoms with E-state index in [2.05, 4.69) is 27.7 Å². The van der Waals surface area contributed by atoms with Crippen LogP contribution in [0.15, 0.2) is 0 Å². The van der Waals surface area contributed by atoms with Crippen LogP contribution in [-0.4, -0.2) is 52.8 Å². The molecular weight excluding hydrogens is 308 g/mol. The molecule has 0 amide bonds. The van der Waals surface area contributed by atoms with E-state index in [9.17, 15) is 10.2 Å². The molecule has 148 valence electrons. The molecule has 0 bridgehead atoms. The van der Waals surface area contributed by atoms with E-state index < -0.39 is 18.8 Å². The standard InChI is InChI=1S/C19H40O4.H2O/c1-15(2)7-5-8-16(3)9-6-10-17(4)11-12-23-14-19(22)18(21)13-20;/h15-22H,5-14H2,1-4H3;1H2/t16?,17?,18-,19+;/m1./s1. The minimum absolute atomic E-state index is 0. The molecule has 5 nitrogen and oxygen atoms in total. The predicted molar refractivity (Wildman–Crippen MR) is 99.0 cm³/mol. The normalized spacial score (nSPS) is 16.5. The highest BCUT2D eigenvalue weighted by atomic mass is 16.5. The number of aliphatic hydroxyl groups excluding tert-OH is 3. The minimum atomic E-state index is -1.11. The Balaban J connectivity index is 0. The maximum absolute atomic E-state index is 9.46. The van der Waals surface area contributed by atoms with Crippen LogP contribution in [0, 0.1) is 17.8 Å². The molecule has 2 unspecified atom stereocenters. The summed E-state index contributed by atoms with van der Waals surface area (Å²) in [5.74, 6) is 2.27. The summed E-state index contributed by atoms with van der Waals surface area (Å²) >= 11 is 0. The van der Waals surface area contributed by atoms with Crippen LogP contribution in [0.1, 0.15) is 72.6 Å². The van der Waals surface area contributed by atoms with E-state index in [0.29, 0.717) is 12.5 Å². The molecule has 0 aromatic rings. The highest BCUT2D eigenvalue weighted by Crippen LogP contribution is 2.20. The molecule has 0 saturated carbocycles. The van der Waals surface area contributed by atoms with Crippen LogP contribution in [-0.2, 0) is 4.74 Å². The minimum Gasteiger partial charge on any atom is -0.412 e. The van der Waals surface area contributed by atoms with E-state index in [1.165, 1.54) is 38.5 Å². The van der Waals surface area contributed by atoms with Crippen molar-refractivity contribution < 1.29 is 25.5 Å². The van der Waals surface area contributed by atoms with Crippen LogP contribution in [0.5, 0.6) is 0 Å². The molecule has 0 spiro atoms. The number of hydrogen-bond donors (Lipinski definition) is 3. The SMILES string of the molecule is CC(C)CCCC(C)CCCC(C)CCOC[C@H](O)[C@H](O)CO.O. The van der Waals surface area contributed by atoms with Crippen LogP contribution in [0.2, 0.25) is 0 Å². The molecule has 0 radical (unpaired) electrons. The van der Waals surface area contributed by atoms with Crippen molar-refractivity contribution in [3.8, 4) is 0 Å². The van der Waals surface area contributed by atoms with Gasteiger partial charge < -0.3 is 25.5 Å². The average molecular weight is 351 g/mol. The van der Waals surface area contributed by atoms with Crippen LogP contribution >= 0.6 is 0 Å². The van der Waals surface area contributed by atoms with Gasteiger partial charge in [-0.2, -0.15) is 0 Å². The van der Waals surface area contributed by atoms with E-state index >= 15 is 0 Å². The quantitative estimate of drug-likeness (QED) is 0.395. The fourth-order valence-electron chi connectivity index (χ4n) is 2.70. The van der Waals surface area contributed by atoms with Gasteiger partial charge in [-0.25, -0.2) is 0 Å². The van der Waals surface area contributed by atoms with Crippen molar-refractivity contribution in [3.63, 3.8) is 0 Å². The van der Waals surface area contributed by atoms with Gasteiger partial charge in [0.05, 0.1) is 13.2 Å². The molecule has 0 fully saturated rings. The Kier molecular flexibility index (Phi) is 17.7. The molecule has 0 saturated heterocycles. The summed E-state index contributed by atoms with van der Waals surface area (Å²) in [6.45, 7) is 9.43. The molecule has 24 heavy (non-hydrogen) atoms. The van der Waals surface area contributed by atoms with Gasteiger partial charge in [-0.05, 0) is 24.2 Å². The number of aliphatic hydroxyl groups is 3. The largest absolute Gasteiger partial charge is 0.412 e. The second-order valence-corrected chi connectivity index (χ2v) is 7.65. The van der Waals surface area contributed by atoms with Gasteiger partial charge in [-0.15, -0.1) is 0 Å². The highest BCUT2D eigenvalue weighted by Gasteiger charge is 2.15. The third-order valence-corrected chi connectivity index (χ3v) is 4.55. The first-order chi connectivity index (χ1) is 10.9. The smallest absolute Gasteiger partial charge is 0.105 e. The molecule has 0 aromatic carbocycles. The lowest BCUT2D eigenvalue weighted by Crippen LogP contribution is -2.33. The van der Waals surface area contributed by atoms with Crippen LogP contribution < -0.4 is 0 Å². The number of rotatable bonds is 15. The van der Waals surface area contributed by atoms with Gasteiger partial charge in [0.2, 0.25) is 0 Å². The molecule has 0 rings (SSSR count). The van der Waals surface area contributed by atoms with E-state index in [-0.39, 0.29) is 12.1 Å². The topological polar surface area (TPSA) is 101 Å². The molecule has 0 aliphatic heterocycles. The molecule has 0 aliphatic rings. The summed E-state index contributed by atoms with van der Waals surface area (Å²) in [5, 5.41) is 27.4. The molecular formula is C19H42O5. The fraction of sp³-hybridized carbons (Fsp3) is 1.00. The summed E-state index contributed by atoms with van der Waals surface area (Å²) in [5.41, 5.74) is 0. The second kappa shape index (κ2) is 16.3. The Bertz CT molecular complexity index is 260. The first-order valence-electron chi connectivity index (χ1n) is 9.41. The summed E-state index contributed by atoms with van der Waals surface area (Å²) in [7, 11) is 0. The lowest BCUT2D eigenvalue weighted by molar-refractivity contribution is -0.0580. The molecule has 4 atom stereocenters. The van der Waals surface area contributed by atoms with Crippen molar-refractivity contribution in [3.05, 3.63) is 0 Å². The maximum Gasteiger partial charge on any atom is 0.105 e. The van der Waals surface area contributed by atoms with Crippen molar-refractivity contribution in [1.82, 2.24) is 0 Å². The van der Waals surface area contributed by atoms with Gasteiger partial charge in [-0.3, -0.25) is 0 Å². The number of hydrogen-bond acceptors (Lipinski definition) is 4. The summed E-state index contributed by atoms with van der Waals surface area (Å²) < 4.78 is 5.37.